The van der Waals surface area contributed by atoms with Crippen molar-refractivity contribution in [3.63, 3.8) is 0 Å². The molecule has 2 aliphatic rings. The first kappa shape index (κ1) is 26.5. The average Bonchev–Trinajstić information content (AvgIpc) is 3.04. The molecule has 2 aliphatic heterocycles. The third kappa shape index (κ3) is 6.13. The lowest BCUT2D eigenvalue weighted by Crippen LogP contribution is -2.39. The average molecular weight is 528 g/mol. The molecule has 5 nitrogen and oxygen atoms in total. The van der Waals surface area contributed by atoms with Gasteiger partial charge in [-0.15, -0.1) is 0 Å². The second-order valence-electron chi connectivity index (χ2n) is 11.0. The molecule has 5 rings (SSSR count). The van der Waals surface area contributed by atoms with Crippen molar-refractivity contribution in [2.75, 3.05) is 31.1 Å². The Kier molecular flexibility index (Phi) is 8.20. The van der Waals surface area contributed by atoms with Crippen LogP contribution < -0.4 is 10.2 Å². The Morgan fingerprint density at radius 2 is 1.76 bits per heavy atom. The van der Waals surface area contributed by atoms with E-state index in [-0.39, 0.29) is 11.8 Å². The first-order valence-corrected chi connectivity index (χ1v) is 14.5. The molecular weight excluding hydrogens is 490 g/mol. The molecule has 3 aromatic carbocycles. The molecule has 2 heterocycles. The predicted molar refractivity (Wildman–Crippen MR) is 155 cm³/mol. The summed E-state index contributed by atoms with van der Waals surface area (Å²) in [5.41, 5.74) is 4.28. The quantitative estimate of drug-likeness (QED) is 0.386. The van der Waals surface area contributed by atoms with Gasteiger partial charge >= 0.3 is 0 Å². The lowest BCUT2D eigenvalue weighted by atomic mass is 9.98. The van der Waals surface area contributed by atoms with E-state index < -0.39 is 0 Å². The van der Waals surface area contributed by atoms with Gasteiger partial charge in [-0.25, -0.2) is 0 Å². The minimum Gasteiger partial charge on any atom is -0.352 e. The molecule has 0 bridgehead atoms. The van der Waals surface area contributed by atoms with Crippen LogP contribution in [0.4, 0.5) is 5.69 Å². The van der Waals surface area contributed by atoms with Crippen molar-refractivity contribution in [2.24, 2.45) is 11.8 Å². The summed E-state index contributed by atoms with van der Waals surface area (Å²) in [5.74, 6) is 1.05. The van der Waals surface area contributed by atoms with E-state index in [1.165, 1.54) is 18.4 Å². The number of nitrogens with zero attached hydrogens (tertiary/aromatic N) is 2. The van der Waals surface area contributed by atoms with Crippen LogP contribution in [0.2, 0.25) is 0 Å². The van der Waals surface area contributed by atoms with Gasteiger partial charge in [0.15, 0.2) is 0 Å². The number of rotatable bonds is 7. The van der Waals surface area contributed by atoms with Gasteiger partial charge in [0.1, 0.15) is 0 Å². The van der Waals surface area contributed by atoms with E-state index in [9.17, 15) is 9.59 Å². The Bertz CT molecular complexity index is 1300. The zero-order valence-electron chi connectivity index (χ0n) is 22.6. The van der Waals surface area contributed by atoms with Gasteiger partial charge in [0.2, 0.25) is 0 Å². The normalized spacial score (nSPS) is 16.9. The van der Waals surface area contributed by atoms with Crippen LogP contribution in [0.25, 0.3) is 0 Å². The molecule has 0 aliphatic carbocycles. The van der Waals surface area contributed by atoms with Crippen LogP contribution >= 0.6 is 11.8 Å². The van der Waals surface area contributed by atoms with Crippen LogP contribution in [0.15, 0.2) is 76.5 Å². The number of fused-ring (bicyclic) bond motifs is 2. The van der Waals surface area contributed by atoms with Crippen LogP contribution in [-0.2, 0) is 6.54 Å². The Balaban J connectivity index is 1.35. The third-order valence-corrected chi connectivity index (χ3v) is 8.75. The van der Waals surface area contributed by atoms with Crippen molar-refractivity contribution in [1.29, 1.82) is 0 Å². The predicted octanol–water partition coefficient (Wildman–Crippen LogP) is 6.40. The molecule has 0 saturated carbocycles. The maximum atomic E-state index is 13.8. The molecule has 6 heteroatoms. The molecule has 1 saturated heterocycles. The summed E-state index contributed by atoms with van der Waals surface area (Å²) in [4.78, 5) is 33.2. The fraction of sp³-hybridized carbons (Fsp3) is 0.375. The summed E-state index contributed by atoms with van der Waals surface area (Å²) in [6, 6.07) is 21.7. The van der Waals surface area contributed by atoms with Gasteiger partial charge in [-0.3, -0.25) is 9.59 Å². The van der Waals surface area contributed by atoms with Crippen molar-refractivity contribution in [3.05, 3.63) is 89.0 Å². The monoisotopic (exact) mass is 527 g/mol. The zero-order valence-corrected chi connectivity index (χ0v) is 23.4. The smallest absolute Gasteiger partial charge is 0.259 e. The summed E-state index contributed by atoms with van der Waals surface area (Å²) in [6.45, 7) is 11.0. The summed E-state index contributed by atoms with van der Waals surface area (Å²) in [7, 11) is 0. The van der Waals surface area contributed by atoms with Gasteiger partial charge < -0.3 is 15.1 Å². The van der Waals surface area contributed by atoms with Crippen molar-refractivity contribution in [2.45, 2.75) is 49.9 Å². The number of benzene rings is 3. The number of piperidine rings is 1. The van der Waals surface area contributed by atoms with E-state index in [1.807, 2.05) is 47.4 Å². The molecule has 0 aromatic heterocycles. The van der Waals surface area contributed by atoms with Crippen molar-refractivity contribution < 1.29 is 9.59 Å². The van der Waals surface area contributed by atoms with E-state index in [2.05, 4.69) is 55.3 Å². The Labute approximate surface area is 230 Å². The standard InChI is InChI=1S/C32H37N3O2S/c1-22-8-10-25(11-9-22)21-35-28-18-26(12-13-30(28)38-29-7-5-4-6-27(29)32(35)37)31(36)33-19-24(3)20-34-16-14-23(2)15-17-34/h4-13,18,23-24H,14-17,19-21H2,1-3H3,(H,33,36)/t24-/m0/s1. The van der Waals surface area contributed by atoms with Crippen LogP contribution in [0.1, 0.15) is 58.5 Å². The Morgan fingerprint density at radius 1 is 1.03 bits per heavy atom. The van der Waals surface area contributed by atoms with E-state index in [4.69, 9.17) is 0 Å². The highest BCUT2D eigenvalue weighted by atomic mass is 32.2. The van der Waals surface area contributed by atoms with E-state index in [0.29, 0.717) is 30.1 Å². The molecule has 38 heavy (non-hydrogen) atoms. The lowest BCUT2D eigenvalue weighted by Gasteiger charge is -2.32. The van der Waals surface area contributed by atoms with E-state index in [1.54, 1.807) is 11.8 Å². The first-order valence-electron chi connectivity index (χ1n) is 13.7. The molecule has 198 valence electrons. The number of amides is 2. The van der Waals surface area contributed by atoms with Crippen molar-refractivity contribution in [1.82, 2.24) is 10.2 Å². The number of hydrogen-bond acceptors (Lipinski definition) is 4. The molecular formula is C32H37N3O2S. The van der Waals surface area contributed by atoms with Gasteiger partial charge in [-0.2, -0.15) is 0 Å². The number of likely N-dealkylation sites (tertiary alicyclic amines) is 1. The van der Waals surface area contributed by atoms with Crippen LogP contribution in [0, 0.1) is 18.8 Å². The summed E-state index contributed by atoms with van der Waals surface area (Å²) < 4.78 is 0. The molecule has 2 amide bonds. The zero-order chi connectivity index (χ0) is 26.6. The summed E-state index contributed by atoms with van der Waals surface area (Å²) in [5, 5.41) is 3.14. The molecule has 1 N–H and O–H groups in total. The second-order valence-corrected chi connectivity index (χ2v) is 12.0. The molecule has 0 radical (unpaired) electrons. The maximum Gasteiger partial charge on any atom is 0.259 e. The molecule has 3 aromatic rings. The largest absolute Gasteiger partial charge is 0.352 e. The van der Waals surface area contributed by atoms with Crippen LogP contribution in [-0.4, -0.2) is 42.9 Å². The molecule has 1 fully saturated rings. The Morgan fingerprint density at radius 3 is 2.53 bits per heavy atom. The lowest BCUT2D eigenvalue weighted by molar-refractivity contribution is 0.0938. The highest BCUT2D eigenvalue weighted by Gasteiger charge is 2.28. The van der Waals surface area contributed by atoms with Crippen molar-refractivity contribution >= 4 is 29.3 Å². The van der Waals surface area contributed by atoms with Crippen LogP contribution in [0.5, 0.6) is 0 Å². The van der Waals surface area contributed by atoms with Crippen molar-refractivity contribution in [3.8, 4) is 0 Å². The van der Waals surface area contributed by atoms with E-state index in [0.717, 1.165) is 46.6 Å². The number of carbonyl (C=O) groups excluding carboxylic acids is 2. The number of aryl methyl sites for hydroxylation is 1. The summed E-state index contributed by atoms with van der Waals surface area (Å²) in [6.07, 6.45) is 2.52. The van der Waals surface area contributed by atoms with Gasteiger partial charge in [0.05, 0.1) is 17.8 Å². The number of carbonyl (C=O) groups is 2. The van der Waals surface area contributed by atoms with Gasteiger partial charge in [0, 0.05) is 28.4 Å². The minimum absolute atomic E-state index is 0.0468. The van der Waals surface area contributed by atoms with Gasteiger partial charge in [-0.05, 0) is 80.6 Å². The maximum absolute atomic E-state index is 13.8. The first-order chi connectivity index (χ1) is 18.4. The number of hydrogen-bond donors (Lipinski definition) is 1. The van der Waals surface area contributed by atoms with Crippen LogP contribution in [0.3, 0.4) is 0 Å². The fourth-order valence-corrected chi connectivity index (χ4v) is 6.27. The van der Waals surface area contributed by atoms with E-state index >= 15 is 0 Å². The summed E-state index contributed by atoms with van der Waals surface area (Å²) >= 11 is 1.58. The van der Waals surface area contributed by atoms with Gasteiger partial charge in [-0.1, -0.05) is 67.6 Å². The molecule has 0 unspecified atom stereocenters. The third-order valence-electron chi connectivity index (χ3n) is 7.61. The number of anilines is 1. The number of nitrogens with one attached hydrogen (secondary N) is 1. The van der Waals surface area contributed by atoms with Gasteiger partial charge in [0.25, 0.3) is 11.8 Å². The fourth-order valence-electron chi connectivity index (χ4n) is 5.21. The second kappa shape index (κ2) is 11.7. The Hall–Kier alpha value is -3.09. The highest BCUT2D eigenvalue weighted by Crippen LogP contribution is 2.42. The molecule has 0 spiro atoms. The highest BCUT2D eigenvalue weighted by molar-refractivity contribution is 7.99. The topological polar surface area (TPSA) is 52.7 Å². The minimum atomic E-state index is -0.0959. The molecule has 1 atom stereocenters. The SMILES string of the molecule is Cc1ccc(CN2C(=O)c3ccccc3Sc3ccc(C(=O)NC[C@H](C)CN4CCC(C)CC4)cc32)cc1.